The molecule has 0 bridgehead atoms. The van der Waals surface area contributed by atoms with Crippen LogP contribution >= 0.6 is 11.6 Å². The molecule has 0 saturated carbocycles. The first kappa shape index (κ1) is 26.3. The van der Waals surface area contributed by atoms with Crippen LogP contribution in [0.2, 0.25) is 5.02 Å². The lowest BCUT2D eigenvalue weighted by molar-refractivity contribution is 0.301. The minimum absolute atomic E-state index is 0.0113. The van der Waals surface area contributed by atoms with Crippen molar-refractivity contribution >= 4 is 11.6 Å². The highest BCUT2D eigenvalue weighted by Gasteiger charge is 2.33. The molecule has 0 radical (unpaired) electrons. The van der Waals surface area contributed by atoms with Crippen LogP contribution in [-0.4, -0.2) is 7.11 Å². The van der Waals surface area contributed by atoms with Crippen LogP contribution in [0.5, 0.6) is 5.75 Å². The van der Waals surface area contributed by atoms with Crippen LogP contribution in [0.15, 0.2) is 72.8 Å². The zero-order valence-corrected chi connectivity index (χ0v) is 22.2. The number of halogens is 2. The van der Waals surface area contributed by atoms with E-state index < -0.39 is 0 Å². The molecule has 0 aliphatic heterocycles. The molecule has 3 rings (SSSR count). The largest absolute Gasteiger partial charge is 0.497 e. The van der Waals surface area contributed by atoms with E-state index in [4.69, 9.17) is 16.3 Å². The molecule has 0 spiro atoms. The summed E-state index contributed by atoms with van der Waals surface area (Å²) in [5.74, 6) is 0.686. The lowest BCUT2D eigenvalue weighted by Gasteiger charge is -2.37. The van der Waals surface area contributed by atoms with Crippen LogP contribution in [0.1, 0.15) is 77.0 Å². The molecule has 1 unspecified atom stereocenters. The maximum Gasteiger partial charge on any atom is 0.123 e. The average Bonchev–Trinajstić information content (AvgIpc) is 2.82. The predicted octanol–water partition coefficient (Wildman–Crippen LogP) is 9.26. The van der Waals surface area contributed by atoms with E-state index in [9.17, 15) is 4.39 Å². The van der Waals surface area contributed by atoms with Gasteiger partial charge in [-0.2, -0.15) is 0 Å². The van der Waals surface area contributed by atoms with E-state index in [-0.39, 0.29) is 22.1 Å². The first-order valence-electron chi connectivity index (χ1n) is 12.1. The molecule has 0 aliphatic rings. The van der Waals surface area contributed by atoms with Gasteiger partial charge in [-0.25, -0.2) is 4.39 Å². The quantitative estimate of drug-likeness (QED) is 0.281. The Balaban J connectivity index is 1.82. The van der Waals surface area contributed by atoms with Crippen molar-refractivity contribution in [2.45, 2.75) is 76.5 Å². The van der Waals surface area contributed by atoms with Crippen LogP contribution in [0, 0.1) is 5.82 Å². The summed E-state index contributed by atoms with van der Waals surface area (Å²) < 4.78 is 19.1. The monoisotopic (exact) mass is 480 g/mol. The topological polar surface area (TPSA) is 9.23 Å². The minimum Gasteiger partial charge on any atom is -0.497 e. The van der Waals surface area contributed by atoms with Crippen molar-refractivity contribution in [3.63, 3.8) is 0 Å². The standard InChI is InChI=1S/C31H38ClFO/c1-29(2,23-7-13-26(32)14-8-23)19-21-31(5,25-9-15-27(33)16-10-25)22-20-30(3,4)24-11-17-28(34-6)18-12-24/h7-18H,19-22H2,1-6H3. The molecular weight excluding hydrogens is 443 g/mol. The Bertz CT molecular complexity index is 1050. The lowest BCUT2D eigenvalue weighted by atomic mass is 9.67. The third-order valence-corrected chi connectivity index (χ3v) is 7.89. The second-order valence-corrected chi connectivity index (χ2v) is 11.5. The fourth-order valence-electron chi connectivity index (χ4n) is 4.67. The van der Waals surface area contributed by atoms with E-state index in [0.29, 0.717) is 0 Å². The van der Waals surface area contributed by atoms with E-state index in [1.807, 2.05) is 36.4 Å². The lowest BCUT2D eigenvalue weighted by Crippen LogP contribution is -2.29. The molecule has 0 saturated heterocycles. The van der Waals surface area contributed by atoms with Crippen molar-refractivity contribution < 1.29 is 9.13 Å². The summed E-state index contributed by atoms with van der Waals surface area (Å²) in [4.78, 5) is 0. The molecule has 0 heterocycles. The highest BCUT2D eigenvalue weighted by atomic mass is 35.5. The highest BCUT2D eigenvalue weighted by Crippen LogP contribution is 2.42. The highest BCUT2D eigenvalue weighted by molar-refractivity contribution is 6.30. The molecule has 0 aliphatic carbocycles. The van der Waals surface area contributed by atoms with Crippen molar-refractivity contribution in [2.24, 2.45) is 0 Å². The molecule has 182 valence electrons. The van der Waals surface area contributed by atoms with Crippen molar-refractivity contribution in [3.05, 3.63) is 100 Å². The number of hydrogen-bond acceptors (Lipinski definition) is 1. The van der Waals surface area contributed by atoms with Crippen LogP contribution < -0.4 is 4.74 Å². The number of ether oxygens (including phenoxy) is 1. The average molecular weight is 481 g/mol. The van der Waals surface area contributed by atoms with Gasteiger partial charge in [-0.1, -0.05) is 82.6 Å². The first-order valence-corrected chi connectivity index (χ1v) is 12.5. The van der Waals surface area contributed by atoms with E-state index >= 15 is 0 Å². The molecule has 3 heteroatoms. The smallest absolute Gasteiger partial charge is 0.123 e. The Kier molecular flexibility index (Phi) is 8.14. The minimum atomic E-state index is -0.189. The maximum atomic E-state index is 13.7. The van der Waals surface area contributed by atoms with Crippen LogP contribution in [0.4, 0.5) is 4.39 Å². The van der Waals surface area contributed by atoms with Gasteiger partial charge in [0.05, 0.1) is 7.11 Å². The number of benzene rings is 3. The van der Waals surface area contributed by atoms with Gasteiger partial charge in [-0.3, -0.25) is 0 Å². The molecule has 34 heavy (non-hydrogen) atoms. The van der Waals surface area contributed by atoms with Gasteiger partial charge in [0.15, 0.2) is 0 Å². The van der Waals surface area contributed by atoms with E-state index in [2.05, 4.69) is 58.9 Å². The zero-order chi connectivity index (χ0) is 25.0. The second-order valence-electron chi connectivity index (χ2n) is 11.1. The Morgan fingerprint density at radius 2 is 1.03 bits per heavy atom. The molecule has 1 nitrogen and oxygen atoms in total. The molecule has 3 aromatic carbocycles. The molecule has 3 aromatic rings. The van der Waals surface area contributed by atoms with E-state index in [1.54, 1.807) is 19.2 Å². The number of rotatable bonds is 10. The van der Waals surface area contributed by atoms with Crippen molar-refractivity contribution in [2.75, 3.05) is 7.11 Å². The third-order valence-electron chi connectivity index (χ3n) is 7.64. The summed E-state index contributed by atoms with van der Waals surface area (Å²) in [6.07, 6.45) is 4.06. The zero-order valence-electron chi connectivity index (χ0n) is 21.4. The van der Waals surface area contributed by atoms with Gasteiger partial charge in [-0.15, -0.1) is 0 Å². The van der Waals surface area contributed by atoms with Crippen molar-refractivity contribution in [3.8, 4) is 5.75 Å². The summed E-state index contributed by atoms with van der Waals surface area (Å²) in [6, 6.07) is 23.7. The second kappa shape index (κ2) is 10.5. The Morgan fingerprint density at radius 3 is 1.47 bits per heavy atom. The maximum absolute atomic E-state index is 13.7. The van der Waals surface area contributed by atoms with Gasteiger partial charge in [0.1, 0.15) is 11.6 Å². The Labute approximate surface area is 210 Å². The Morgan fingerprint density at radius 1 is 0.618 bits per heavy atom. The van der Waals surface area contributed by atoms with Crippen LogP contribution in [0.3, 0.4) is 0 Å². The number of methoxy groups -OCH3 is 1. The van der Waals surface area contributed by atoms with Crippen molar-refractivity contribution in [1.29, 1.82) is 0 Å². The molecular formula is C31H38ClFO. The van der Waals surface area contributed by atoms with Gasteiger partial charge in [-0.05, 0) is 95.0 Å². The third kappa shape index (κ3) is 6.42. The van der Waals surface area contributed by atoms with Crippen molar-refractivity contribution in [1.82, 2.24) is 0 Å². The summed E-state index contributed by atoms with van der Waals surface area (Å²) in [6.45, 7) is 11.5. The molecule has 0 amide bonds. The summed E-state index contributed by atoms with van der Waals surface area (Å²) in [5.41, 5.74) is 3.75. The van der Waals surface area contributed by atoms with E-state index in [1.165, 1.54) is 16.7 Å². The van der Waals surface area contributed by atoms with Gasteiger partial charge < -0.3 is 4.74 Å². The van der Waals surface area contributed by atoms with Crippen LogP contribution in [-0.2, 0) is 16.2 Å². The normalized spacial score (nSPS) is 14.0. The van der Waals surface area contributed by atoms with Crippen LogP contribution in [0.25, 0.3) is 0 Å². The fourth-order valence-corrected chi connectivity index (χ4v) is 4.80. The van der Waals surface area contributed by atoms with Gasteiger partial charge in [0.2, 0.25) is 0 Å². The molecule has 0 N–H and O–H groups in total. The fraction of sp³-hybridized carbons (Fsp3) is 0.419. The first-order chi connectivity index (χ1) is 15.9. The van der Waals surface area contributed by atoms with Gasteiger partial charge in [0.25, 0.3) is 0 Å². The summed E-state index contributed by atoms with van der Waals surface area (Å²) in [5, 5.41) is 0.761. The molecule has 1 atom stereocenters. The number of hydrogen-bond donors (Lipinski definition) is 0. The molecule has 0 aromatic heterocycles. The Hall–Kier alpha value is -2.32. The molecule has 0 fully saturated rings. The summed E-state index contributed by atoms with van der Waals surface area (Å²) in [7, 11) is 1.69. The predicted molar refractivity (Wildman–Crippen MR) is 143 cm³/mol. The van der Waals surface area contributed by atoms with Gasteiger partial charge in [0, 0.05) is 5.02 Å². The van der Waals surface area contributed by atoms with E-state index in [0.717, 1.165) is 36.5 Å². The van der Waals surface area contributed by atoms with Gasteiger partial charge >= 0.3 is 0 Å². The SMILES string of the molecule is COc1ccc(C(C)(C)CCC(C)(CCC(C)(C)c2ccc(Cl)cc2)c2ccc(F)cc2)cc1. The summed E-state index contributed by atoms with van der Waals surface area (Å²) >= 11 is 6.12.